The standard InChI is InChI=1S/C12H5Cl3N2OS/c13-6-1-2-8(14)9(5-6)18-10-7-3-4-19-11(7)17-12(15)16-10/h1-5H. The molecule has 0 aliphatic carbocycles. The molecule has 3 aromatic rings. The highest BCUT2D eigenvalue weighted by molar-refractivity contribution is 7.16. The van der Waals surface area contributed by atoms with E-state index in [1.807, 2.05) is 11.4 Å². The molecule has 0 bridgehead atoms. The summed E-state index contributed by atoms with van der Waals surface area (Å²) in [6, 6.07) is 6.83. The fourth-order valence-corrected chi connectivity index (χ4v) is 2.82. The number of nitrogens with zero attached hydrogens (tertiary/aromatic N) is 2. The van der Waals surface area contributed by atoms with Gasteiger partial charge >= 0.3 is 0 Å². The molecule has 0 aliphatic rings. The Labute approximate surface area is 127 Å². The van der Waals surface area contributed by atoms with Crippen LogP contribution in [-0.2, 0) is 0 Å². The van der Waals surface area contributed by atoms with E-state index in [1.54, 1.807) is 18.2 Å². The number of thiophene rings is 1. The van der Waals surface area contributed by atoms with E-state index in [2.05, 4.69) is 9.97 Å². The minimum atomic E-state index is 0.128. The van der Waals surface area contributed by atoms with Gasteiger partial charge in [0.05, 0.1) is 10.4 Å². The first kappa shape index (κ1) is 12.9. The summed E-state index contributed by atoms with van der Waals surface area (Å²) in [5, 5.41) is 3.78. The van der Waals surface area contributed by atoms with Crippen LogP contribution in [0.25, 0.3) is 10.2 Å². The Kier molecular flexibility index (Phi) is 3.50. The summed E-state index contributed by atoms with van der Waals surface area (Å²) in [6.07, 6.45) is 0. The molecule has 19 heavy (non-hydrogen) atoms. The lowest BCUT2D eigenvalue weighted by molar-refractivity contribution is 0.469. The van der Waals surface area contributed by atoms with Gasteiger partial charge in [-0.05, 0) is 35.2 Å². The summed E-state index contributed by atoms with van der Waals surface area (Å²) in [7, 11) is 0. The number of hydrogen-bond acceptors (Lipinski definition) is 4. The lowest BCUT2D eigenvalue weighted by Gasteiger charge is -2.08. The van der Waals surface area contributed by atoms with E-state index >= 15 is 0 Å². The van der Waals surface area contributed by atoms with E-state index in [9.17, 15) is 0 Å². The third-order valence-corrected chi connectivity index (χ3v) is 3.89. The number of aromatic nitrogens is 2. The van der Waals surface area contributed by atoms with Gasteiger partial charge in [-0.15, -0.1) is 11.3 Å². The first-order valence-corrected chi connectivity index (χ1v) is 7.18. The van der Waals surface area contributed by atoms with E-state index in [4.69, 9.17) is 39.5 Å². The molecule has 0 fully saturated rings. The number of ether oxygens (including phenoxy) is 1. The molecule has 3 rings (SSSR count). The predicted octanol–water partition coefficient (Wildman–Crippen LogP) is 5.44. The first-order valence-electron chi connectivity index (χ1n) is 5.17. The number of rotatable bonds is 2. The monoisotopic (exact) mass is 330 g/mol. The van der Waals surface area contributed by atoms with Gasteiger partial charge in [0.2, 0.25) is 11.2 Å². The number of benzene rings is 1. The van der Waals surface area contributed by atoms with Crippen LogP contribution in [0.3, 0.4) is 0 Å². The van der Waals surface area contributed by atoms with Crippen molar-refractivity contribution in [3.05, 3.63) is 45.0 Å². The van der Waals surface area contributed by atoms with Crippen LogP contribution in [0.5, 0.6) is 11.6 Å². The van der Waals surface area contributed by atoms with Gasteiger partial charge in [0.15, 0.2) is 0 Å². The molecule has 0 aliphatic heterocycles. The molecular formula is C12H5Cl3N2OS. The second kappa shape index (κ2) is 5.13. The zero-order valence-electron chi connectivity index (χ0n) is 9.23. The molecule has 0 saturated carbocycles. The van der Waals surface area contributed by atoms with Crippen molar-refractivity contribution in [3.8, 4) is 11.6 Å². The largest absolute Gasteiger partial charge is 0.437 e. The Bertz CT molecular complexity index is 760. The van der Waals surface area contributed by atoms with Crippen molar-refractivity contribution in [1.82, 2.24) is 9.97 Å². The van der Waals surface area contributed by atoms with Gasteiger partial charge in [-0.1, -0.05) is 23.2 Å². The van der Waals surface area contributed by atoms with Gasteiger partial charge in [0, 0.05) is 11.1 Å². The molecule has 96 valence electrons. The van der Waals surface area contributed by atoms with Crippen LogP contribution >= 0.6 is 46.1 Å². The lowest BCUT2D eigenvalue weighted by Crippen LogP contribution is -1.91. The van der Waals surface area contributed by atoms with E-state index in [0.29, 0.717) is 21.7 Å². The molecule has 0 unspecified atom stereocenters. The van der Waals surface area contributed by atoms with E-state index in [0.717, 1.165) is 10.2 Å². The second-order valence-electron chi connectivity index (χ2n) is 3.61. The zero-order valence-corrected chi connectivity index (χ0v) is 12.3. The molecule has 0 N–H and O–H groups in total. The van der Waals surface area contributed by atoms with Crippen molar-refractivity contribution in [3.63, 3.8) is 0 Å². The summed E-state index contributed by atoms with van der Waals surface area (Å²) >= 11 is 19.3. The van der Waals surface area contributed by atoms with Crippen molar-refractivity contribution in [2.45, 2.75) is 0 Å². The van der Waals surface area contributed by atoms with E-state index in [1.165, 1.54) is 11.3 Å². The van der Waals surface area contributed by atoms with Crippen molar-refractivity contribution in [2.24, 2.45) is 0 Å². The Morgan fingerprint density at radius 2 is 1.89 bits per heavy atom. The van der Waals surface area contributed by atoms with Crippen LogP contribution in [0.2, 0.25) is 15.3 Å². The molecular weight excluding hydrogens is 327 g/mol. The van der Waals surface area contributed by atoms with Crippen molar-refractivity contribution >= 4 is 56.4 Å². The molecule has 2 aromatic heterocycles. The SMILES string of the molecule is Clc1ccc(Cl)c(Oc2nc(Cl)nc3sccc23)c1. The molecule has 0 spiro atoms. The van der Waals surface area contributed by atoms with Crippen molar-refractivity contribution in [1.29, 1.82) is 0 Å². The Hall–Kier alpha value is -1.07. The highest BCUT2D eigenvalue weighted by Crippen LogP contribution is 2.35. The summed E-state index contributed by atoms with van der Waals surface area (Å²) in [4.78, 5) is 8.95. The minimum absolute atomic E-state index is 0.128. The Balaban J connectivity index is 2.10. The predicted molar refractivity (Wildman–Crippen MR) is 79.0 cm³/mol. The number of hydrogen-bond donors (Lipinski definition) is 0. The maximum Gasteiger partial charge on any atom is 0.232 e. The smallest absolute Gasteiger partial charge is 0.232 e. The van der Waals surface area contributed by atoms with Crippen LogP contribution in [0.4, 0.5) is 0 Å². The van der Waals surface area contributed by atoms with Gasteiger partial charge in [0.25, 0.3) is 0 Å². The number of fused-ring (bicyclic) bond motifs is 1. The topological polar surface area (TPSA) is 35.0 Å². The average molecular weight is 332 g/mol. The van der Waals surface area contributed by atoms with Crippen LogP contribution in [0.1, 0.15) is 0 Å². The molecule has 2 heterocycles. The van der Waals surface area contributed by atoms with E-state index < -0.39 is 0 Å². The third-order valence-electron chi connectivity index (χ3n) is 2.36. The van der Waals surface area contributed by atoms with Crippen LogP contribution in [0, 0.1) is 0 Å². The molecule has 3 nitrogen and oxygen atoms in total. The fraction of sp³-hybridized carbons (Fsp3) is 0. The van der Waals surface area contributed by atoms with Gasteiger partial charge < -0.3 is 4.74 Å². The second-order valence-corrected chi connectivity index (χ2v) is 5.69. The van der Waals surface area contributed by atoms with Crippen LogP contribution in [-0.4, -0.2) is 9.97 Å². The van der Waals surface area contributed by atoms with Crippen molar-refractivity contribution in [2.75, 3.05) is 0 Å². The quantitative estimate of drug-likeness (QED) is 0.586. The summed E-state index contributed by atoms with van der Waals surface area (Å²) in [5.74, 6) is 0.789. The van der Waals surface area contributed by atoms with Gasteiger partial charge in [-0.2, -0.15) is 4.98 Å². The van der Waals surface area contributed by atoms with Gasteiger partial charge in [-0.3, -0.25) is 0 Å². The van der Waals surface area contributed by atoms with Crippen LogP contribution in [0.15, 0.2) is 29.6 Å². The van der Waals surface area contributed by atoms with Crippen LogP contribution < -0.4 is 4.74 Å². The molecule has 1 aromatic carbocycles. The molecule has 7 heteroatoms. The van der Waals surface area contributed by atoms with Gasteiger partial charge in [-0.25, -0.2) is 4.98 Å². The van der Waals surface area contributed by atoms with E-state index in [-0.39, 0.29) is 5.28 Å². The zero-order chi connectivity index (χ0) is 13.4. The highest BCUT2D eigenvalue weighted by atomic mass is 35.5. The Morgan fingerprint density at radius 3 is 2.74 bits per heavy atom. The number of halogens is 3. The maximum atomic E-state index is 6.05. The molecule has 0 atom stereocenters. The lowest BCUT2D eigenvalue weighted by atomic mass is 10.3. The summed E-state index contributed by atoms with van der Waals surface area (Å²) in [5.41, 5.74) is 0. The molecule has 0 amide bonds. The highest BCUT2D eigenvalue weighted by Gasteiger charge is 2.12. The third kappa shape index (κ3) is 2.62. The maximum absolute atomic E-state index is 6.05. The van der Waals surface area contributed by atoms with Crippen molar-refractivity contribution < 1.29 is 4.74 Å². The van der Waals surface area contributed by atoms with Gasteiger partial charge in [0.1, 0.15) is 10.6 Å². The minimum Gasteiger partial charge on any atom is -0.437 e. The normalized spacial score (nSPS) is 10.9. The first-order chi connectivity index (χ1) is 9.13. The fourth-order valence-electron chi connectivity index (χ4n) is 1.54. The summed E-state index contributed by atoms with van der Waals surface area (Å²) in [6.45, 7) is 0. The molecule has 0 radical (unpaired) electrons. The summed E-state index contributed by atoms with van der Waals surface area (Å²) < 4.78 is 5.70. The molecule has 0 saturated heterocycles. The Morgan fingerprint density at radius 1 is 1.05 bits per heavy atom. The average Bonchev–Trinajstić information content (AvgIpc) is 2.82.